The summed E-state index contributed by atoms with van der Waals surface area (Å²) in [4.78, 5) is 4.67. The Kier molecular flexibility index (Phi) is 5.88. The molecule has 3 aromatic carbocycles. The molecule has 0 unspecified atom stereocenters. The summed E-state index contributed by atoms with van der Waals surface area (Å²) >= 11 is 3.57. The number of allylic oxidation sites excluding steroid dienone is 2. The summed E-state index contributed by atoms with van der Waals surface area (Å²) in [7, 11) is 0. The van der Waals surface area contributed by atoms with Gasteiger partial charge in [-0.3, -0.25) is 4.99 Å². The number of aryl methyl sites for hydroxylation is 1. The van der Waals surface area contributed by atoms with Crippen LogP contribution in [0.2, 0.25) is 0 Å². The summed E-state index contributed by atoms with van der Waals surface area (Å²) in [5, 5.41) is 3.82. The van der Waals surface area contributed by atoms with Crippen molar-refractivity contribution in [3.8, 4) is 5.75 Å². The predicted octanol–water partition coefficient (Wildman–Crippen LogP) is 7.73. The zero-order chi connectivity index (χ0) is 22.1. The van der Waals surface area contributed by atoms with Gasteiger partial charge in [0.15, 0.2) is 0 Å². The van der Waals surface area contributed by atoms with Crippen LogP contribution in [0.25, 0.3) is 0 Å². The Labute approximate surface area is 198 Å². The number of benzene rings is 3. The van der Waals surface area contributed by atoms with Gasteiger partial charge in [0, 0.05) is 17.8 Å². The third kappa shape index (κ3) is 4.12. The molecule has 162 valence electrons. The monoisotopic (exact) mass is 486 g/mol. The number of anilines is 1. The van der Waals surface area contributed by atoms with E-state index in [4.69, 9.17) is 4.74 Å². The van der Waals surface area contributed by atoms with E-state index in [1.807, 2.05) is 31.3 Å². The van der Waals surface area contributed by atoms with Crippen LogP contribution in [0.15, 0.2) is 82.3 Å². The fourth-order valence-corrected chi connectivity index (χ4v) is 5.34. The molecule has 0 aromatic heterocycles. The fraction of sp³-hybridized carbons (Fsp3) is 0.250. The summed E-state index contributed by atoms with van der Waals surface area (Å²) in [6, 6.07) is 21.7. The number of halogens is 1. The highest BCUT2D eigenvalue weighted by molar-refractivity contribution is 9.10. The van der Waals surface area contributed by atoms with Gasteiger partial charge in [-0.25, -0.2) is 0 Å². The first kappa shape index (κ1) is 21.0. The second kappa shape index (κ2) is 8.95. The first-order valence-electron chi connectivity index (χ1n) is 11.2. The van der Waals surface area contributed by atoms with Crippen molar-refractivity contribution >= 4 is 33.5 Å². The predicted molar refractivity (Wildman–Crippen MR) is 137 cm³/mol. The quantitative estimate of drug-likeness (QED) is 0.295. The molecule has 0 saturated heterocycles. The van der Waals surface area contributed by atoms with Crippen molar-refractivity contribution < 1.29 is 4.74 Å². The van der Waals surface area contributed by atoms with Crippen LogP contribution in [0, 0.1) is 12.8 Å². The normalized spacial score (nSPS) is 21.3. The van der Waals surface area contributed by atoms with Gasteiger partial charge in [0.1, 0.15) is 5.75 Å². The number of nitrogens with one attached hydrogen (secondary N) is 1. The maximum atomic E-state index is 5.58. The Morgan fingerprint density at radius 2 is 1.94 bits per heavy atom. The summed E-state index contributed by atoms with van der Waals surface area (Å²) in [6.45, 7) is 4.81. The van der Waals surface area contributed by atoms with E-state index < -0.39 is 0 Å². The zero-order valence-electron chi connectivity index (χ0n) is 18.4. The molecule has 2 aliphatic rings. The summed E-state index contributed by atoms with van der Waals surface area (Å²) in [6.07, 6.45) is 7.74. The lowest BCUT2D eigenvalue weighted by atomic mass is 9.76. The minimum atomic E-state index is 0.310. The summed E-state index contributed by atoms with van der Waals surface area (Å²) < 4.78 is 6.52. The van der Waals surface area contributed by atoms with Gasteiger partial charge in [-0.15, -0.1) is 0 Å². The van der Waals surface area contributed by atoms with Crippen LogP contribution in [-0.4, -0.2) is 12.8 Å². The molecule has 3 aromatic rings. The Bertz CT molecular complexity index is 1180. The largest absolute Gasteiger partial charge is 0.493 e. The number of nitrogens with zero attached hydrogens (tertiary/aromatic N) is 1. The van der Waals surface area contributed by atoms with Crippen molar-refractivity contribution in [2.24, 2.45) is 10.9 Å². The molecular weight excluding hydrogens is 460 g/mol. The first-order chi connectivity index (χ1) is 15.6. The highest BCUT2D eigenvalue weighted by Gasteiger charge is 2.37. The highest BCUT2D eigenvalue weighted by Crippen LogP contribution is 2.50. The molecule has 3 nitrogen and oxygen atoms in total. The van der Waals surface area contributed by atoms with Gasteiger partial charge in [0.05, 0.1) is 22.8 Å². The van der Waals surface area contributed by atoms with E-state index in [2.05, 4.69) is 87.8 Å². The van der Waals surface area contributed by atoms with Gasteiger partial charge in [0.2, 0.25) is 0 Å². The van der Waals surface area contributed by atoms with E-state index in [1.54, 1.807) is 0 Å². The molecule has 1 N–H and O–H groups in total. The third-order valence-corrected chi connectivity index (χ3v) is 7.01. The minimum Gasteiger partial charge on any atom is -0.493 e. The average Bonchev–Trinajstić information content (AvgIpc) is 3.30. The maximum Gasteiger partial charge on any atom is 0.133 e. The van der Waals surface area contributed by atoms with Crippen LogP contribution < -0.4 is 10.1 Å². The molecule has 32 heavy (non-hydrogen) atoms. The van der Waals surface area contributed by atoms with Crippen molar-refractivity contribution in [3.05, 3.63) is 99.5 Å². The number of hydrogen-bond donors (Lipinski definition) is 1. The third-order valence-electron chi connectivity index (χ3n) is 6.39. The number of rotatable bonds is 5. The molecule has 3 atom stereocenters. The van der Waals surface area contributed by atoms with Crippen LogP contribution in [0.1, 0.15) is 47.6 Å². The molecule has 4 heteroatoms. The van der Waals surface area contributed by atoms with Crippen LogP contribution in [0.3, 0.4) is 0 Å². The Hall–Kier alpha value is -2.85. The second-order valence-corrected chi connectivity index (χ2v) is 9.39. The van der Waals surface area contributed by atoms with E-state index in [-0.39, 0.29) is 0 Å². The van der Waals surface area contributed by atoms with E-state index >= 15 is 0 Å². The molecule has 5 rings (SSSR count). The maximum absolute atomic E-state index is 5.58. The van der Waals surface area contributed by atoms with Crippen molar-refractivity contribution in [3.63, 3.8) is 0 Å². The van der Waals surface area contributed by atoms with Crippen LogP contribution in [-0.2, 0) is 0 Å². The van der Waals surface area contributed by atoms with Gasteiger partial charge < -0.3 is 10.1 Å². The molecule has 1 aliphatic carbocycles. The molecule has 0 spiro atoms. The smallest absolute Gasteiger partial charge is 0.133 e. The number of aliphatic imine (C=N–C) groups is 1. The summed E-state index contributed by atoms with van der Waals surface area (Å²) in [5.41, 5.74) is 7.32. The Morgan fingerprint density at radius 1 is 1.09 bits per heavy atom. The molecule has 0 bridgehead atoms. The standard InChI is InChI=1S/C28H27BrN2O/c1-3-32-27-14-8-19(16-25(27)29)17-30-21-11-9-20(10-12-21)28-23-6-4-5-22(23)24-15-18(2)7-13-26(24)31-28/h4-5,7-17,22-23,28,31H,3,6H2,1-2H3/t22-,23-,28+/m1/s1. The topological polar surface area (TPSA) is 33.6 Å². The van der Waals surface area contributed by atoms with E-state index in [1.165, 1.54) is 22.4 Å². The molecule has 1 heterocycles. The van der Waals surface area contributed by atoms with E-state index in [0.29, 0.717) is 24.5 Å². The molecule has 0 amide bonds. The van der Waals surface area contributed by atoms with Gasteiger partial charge in [-0.1, -0.05) is 42.0 Å². The molecule has 0 saturated carbocycles. The van der Waals surface area contributed by atoms with Gasteiger partial charge in [-0.05, 0) is 95.2 Å². The SMILES string of the molecule is CCOc1ccc(C=Nc2ccc([C@@H]3Nc4ccc(C)cc4[C@@H]4C=CC[C@H]43)cc2)cc1Br. The molecule has 1 aliphatic heterocycles. The van der Waals surface area contributed by atoms with Crippen LogP contribution >= 0.6 is 15.9 Å². The lowest BCUT2D eigenvalue weighted by molar-refractivity contribution is 0.338. The van der Waals surface area contributed by atoms with Crippen molar-refractivity contribution in [2.45, 2.75) is 32.2 Å². The van der Waals surface area contributed by atoms with E-state index in [9.17, 15) is 0 Å². The lowest BCUT2D eigenvalue weighted by Gasteiger charge is -2.37. The van der Waals surface area contributed by atoms with Crippen molar-refractivity contribution in [1.82, 2.24) is 0 Å². The van der Waals surface area contributed by atoms with Crippen LogP contribution in [0.4, 0.5) is 11.4 Å². The molecule has 0 radical (unpaired) electrons. The van der Waals surface area contributed by atoms with Crippen LogP contribution in [0.5, 0.6) is 5.75 Å². The minimum absolute atomic E-state index is 0.310. The van der Waals surface area contributed by atoms with Crippen molar-refractivity contribution in [2.75, 3.05) is 11.9 Å². The lowest BCUT2D eigenvalue weighted by Crippen LogP contribution is -2.29. The number of hydrogen-bond acceptors (Lipinski definition) is 3. The molecular formula is C28H27BrN2O. The highest BCUT2D eigenvalue weighted by atomic mass is 79.9. The van der Waals surface area contributed by atoms with E-state index in [0.717, 1.165) is 27.9 Å². The van der Waals surface area contributed by atoms with Gasteiger partial charge >= 0.3 is 0 Å². The zero-order valence-corrected chi connectivity index (χ0v) is 20.0. The summed E-state index contributed by atoms with van der Waals surface area (Å²) in [5.74, 6) is 1.90. The van der Waals surface area contributed by atoms with Gasteiger partial charge in [-0.2, -0.15) is 0 Å². The average molecular weight is 487 g/mol. The Balaban J connectivity index is 1.34. The van der Waals surface area contributed by atoms with Crippen molar-refractivity contribution in [1.29, 1.82) is 0 Å². The second-order valence-electron chi connectivity index (χ2n) is 8.54. The number of fused-ring (bicyclic) bond motifs is 3. The Morgan fingerprint density at radius 3 is 2.72 bits per heavy atom. The number of ether oxygens (including phenoxy) is 1. The molecule has 0 fully saturated rings. The fourth-order valence-electron chi connectivity index (χ4n) is 4.83. The first-order valence-corrected chi connectivity index (χ1v) is 12.0. The van der Waals surface area contributed by atoms with Gasteiger partial charge in [0.25, 0.3) is 0 Å².